The first-order valence-electron chi connectivity index (χ1n) is 7.09. The summed E-state index contributed by atoms with van der Waals surface area (Å²) in [5.41, 5.74) is 1.44. The van der Waals surface area contributed by atoms with Crippen LogP contribution in [-0.4, -0.2) is 33.2 Å². The zero-order valence-corrected chi connectivity index (χ0v) is 13.0. The third-order valence-electron chi connectivity index (χ3n) is 3.39. The third kappa shape index (κ3) is 3.07. The van der Waals surface area contributed by atoms with Crippen LogP contribution < -0.4 is 10.1 Å². The summed E-state index contributed by atoms with van der Waals surface area (Å²) < 4.78 is 20.1. The summed E-state index contributed by atoms with van der Waals surface area (Å²) in [5.74, 6) is -0.316. The van der Waals surface area contributed by atoms with Crippen molar-refractivity contribution in [3.05, 3.63) is 59.7 Å². The van der Waals surface area contributed by atoms with Crippen molar-refractivity contribution in [2.75, 3.05) is 12.4 Å². The van der Waals surface area contributed by atoms with Gasteiger partial charge in [-0.15, -0.1) is 5.10 Å². The Balaban J connectivity index is 1.82. The first-order chi connectivity index (χ1) is 11.6. The normalized spacial score (nSPS) is 10.5. The van der Waals surface area contributed by atoms with Gasteiger partial charge in [0.2, 0.25) is 0 Å². The van der Waals surface area contributed by atoms with Gasteiger partial charge in [0.05, 0.1) is 12.8 Å². The summed E-state index contributed by atoms with van der Waals surface area (Å²) in [7, 11) is 1.37. The van der Waals surface area contributed by atoms with E-state index in [4.69, 9.17) is 4.74 Å². The first kappa shape index (κ1) is 15.6. The van der Waals surface area contributed by atoms with Crippen molar-refractivity contribution in [3.63, 3.8) is 0 Å². The van der Waals surface area contributed by atoms with Gasteiger partial charge in [-0.3, -0.25) is 4.79 Å². The second-order valence-electron chi connectivity index (χ2n) is 4.99. The van der Waals surface area contributed by atoms with E-state index < -0.39 is 11.7 Å². The molecule has 0 saturated carbocycles. The molecule has 0 radical (unpaired) electrons. The number of halogens is 1. The van der Waals surface area contributed by atoms with Crippen molar-refractivity contribution in [3.8, 4) is 11.4 Å². The number of ether oxygens (including phenoxy) is 1. The number of hydrogen-bond acceptors (Lipinski definition) is 5. The van der Waals surface area contributed by atoms with Gasteiger partial charge in [-0.2, -0.15) is 4.68 Å². The number of nitrogens with one attached hydrogen (secondary N) is 1. The predicted molar refractivity (Wildman–Crippen MR) is 84.8 cm³/mol. The van der Waals surface area contributed by atoms with Gasteiger partial charge in [0.1, 0.15) is 0 Å². The van der Waals surface area contributed by atoms with Gasteiger partial charge in [-0.1, -0.05) is 6.07 Å². The Hall–Kier alpha value is -3.29. The van der Waals surface area contributed by atoms with Gasteiger partial charge < -0.3 is 10.1 Å². The minimum absolute atomic E-state index is 0.0858. The highest BCUT2D eigenvalue weighted by Gasteiger charge is 2.11. The first-order valence-corrected chi connectivity index (χ1v) is 7.09. The number of aryl methyl sites for hydroxylation is 1. The standard InChI is InChI=1S/C16H14FN5O2/c1-10-19-20-21-22(10)13-5-3-4-12(9-13)18-16(23)11-6-7-15(24-2)14(17)8-11/h3-9H,1-2H3,(H,18,23). The Morgan fingerprint density at radius 2 is 2.08 bits per heavy atom. The average Bonchev–Trinajstić information content (AvgIpc) is 3.01. The van der Waals surface area contributed by atoms with E-state index in [1.54, 1.807) is 29.8 Å². The summed E-state index contributed by atoms with van der Waals surface area (Å²) in [6.07, 6.45) is 0. The van der Waals surface area contributed by atoms with Crippen molar-refractivity contribution < 1.29 is 13.9 Å². The van der Waals surface area contributed by atoms with Gasteiger partial charge in [0, 0.05) is 11.3 Å². The maximum atomic E-state index is 13.7. The fraction of sp³-hybridized carbons (Fsp3) is 0.125. The van der Waals surface area contributed by atoms with Crippen molar-refractivity contribution in [2.24, 2.45) is 0 Å². The van der Waals surface area contributed by atoms with Gasteiger partial charge in [-0.05, 0) is 53.7 Å². The molecule has 1 aromatic heterocycles. The highest BCUT2D eigenvalue weighted by molar-refractivity contribution is 6.04. The molecule has 3 aromatic rings. The molecule has 1 amide bonds. The number of nitrogens with zero attached hydrogens (tertiary/aromatic N) is 4. The molecule has 0 spiro atoms. The molecular formula is C16H14FN5O2. The number of anilines is 1. The number of methoxy groups -OCH3 is 1. The number of carbonyl (C=O) groups excluding carboxylic acids is 1. The highest BCUT2D eigenvalue weighted by atomic mass is 19.1. The van der Waals surface area contributed by atoms with Crippen molar-refractivity contribution >= 4 is 11.6 Å². The second kappa shape index (κ2) is 6.45. The van der Waals surface area contributed by atoms with E-state index in [0.29, 0.717) is 17.2 Å². The molecule has 0 bridgehead atoms. The Kier molecular flexibility index (Phi) is 4.19. The second-order valence-corrected chi connectivity index (χ2v) is 4.99. The minimum atomic E-state index is -0.594. The molecule has 2 aromatic carbocycles. The van der Waals surface area contributed by atoms with Crippen LogP contribution in [0.4, 0.5) is 10.1 Å². The number of benzene rings is 2. The molecule has 0 aliphatic carbocycles. The number of aromatic nitrogens is 4. The lowest BCUT2D eigenvalue weighted by atomic mass is 10.2. The molecule has 7 nitrogen and oxygen atoms in total. The predicted octanol–water partition coefficient (Wildman–Crippen LogP) is 2.37. The molecule has 122 valence electrons. The van der Waals surface area contributed by atoms with E-state index in [1.807, 2.05) is 6.07 Å². The molecule has 0 unspecified atom stereocenters. The monoisotopic (exact) mass is 327 g/mol. The minimum Gasteiger partial charge on any atom is -0.494 e. The molecule has 0 atom stereocenters. The third-order valence-corrected chi connectivity index (χ3v) is 3.39. The lowest BCUT2D eigenvalue weighted by Gasteiger charge is -2.09. The van der Waals surface area contributed by atoms with E-state index in [-0.39, 0.29) is 11.3 Å². The van der Waals surface area contributed by atoms with E-state index in [0.717, 1.165) is 6.07 Å². The van der Waals surface area contributed by atoms with Crippen LogP contribution in [0.2, 0.25) is 0 Å². The molecule has 1 N–H and O–H groups in total. The number of hydrogen-bond donors (Lipinski definition) is 1. The number of rotatable bonds is 4. The van der Waals surface area contributed by atoms with Crippen LogP contribution in [-0.2, 0) is 0 Å². The fourth-order valence-electron chi connectivity index (χ4n) is 2.20. The van der Waals surface area contributed by atoms with Crippen LogP contribution in [0.3, 0.4) is 0 Å². The Morgan fingerprint density at radius 3 is 2.75 bits per heavy atom. The van der Waals surface area contributed by atoms with E-state index in [2.05, 4.69) is 20.8 Å². The van der Waals surface area contributed by atoms with E-state index in [1.165, 1.54) is 19.2 Å². The summed E-state index contributed by atoms with van der Waals surface area (Å²) in [6, 6.07) is 11.1. The molecular weight excluding hydrogens is 313 g/mol. The number of tetrazole rings is 1. The molecule has 8 heteroatoms. The van der Waals surface area contributed by atoms with E-state index in [9.17, 15) is 9.18 Å². The van der Waals surface area contributed by atoms with Crippen molar-refractivity contribution in [1.29, 1.82) is 0 Å². The summed E-state index contributed by atoms with van der Waals surface area (Å²) in [5, 5.41) is 14.0. The Bertz CT molecular complexity index is 894. The lowest BCUT2D eigenvalue weighted by Crippen LogP contribution is -2.12. The van der Waals surface area contributed by atoms with Crippen LogP contribution in [0, 0.1) is 12.7 Å². The number of amides is 1. The molecule has 1 heterocycles. The molecule has 3 rings (SSSR count). The Morgan fingerprint density at radius 1 is 1.25 bits per heavy atom. The van der Waals surface area contributed by atoms with Crippen molar-refractivity contribution in [1.82, 2.24) is 20.2 Å². The molecule has 0 fully saturated rings. The van der Waals surface area contributed by atoms with Crippen LogP contribution in [0.25, 0.3) is 5.69 Å². The lowest BCUT2D eigenvalue weighted by molar-refractivity contribution is 0.102. The fourth-order valence-corrected chi connectivity index (χ4v) is 2.20. The summed E-state index contributed by atoms with van der Waals surface area (Å²) in [6.45, 7) is 1.77. The largest absolute Gasteiger partial charge is 0.494 e. The maximum Gasteiger partial charge on any atom is 0.255 e. The van der Waals surface area contributed by atoms with Crippen LogP contribution >= 0.6 is 0 Å². The molecule has 24 heavy (non-hydrogen) atoms. The molecule has 0 aliphatic heterocycles. The SMILES string of the molecule is COc1ccc(C(=O)Nc2cccc(-n3nnnc3C)c2)cc1F. The smallest absolute Gasteiger partial charge is 0.255 e. The van der Waals surface area contributed by atoms with Gasteiger partial charge in [-0.25, -0.2) is 4.39 Å². The van der Waals surface area contributed by atoms with Gasteiger partial charge >= 0.3 is 0 Å². The highest BCUT2D eigenvalue weighted by Crippen LogP contribution is 2.19. The summed E-state index contributed by atoms with van der Waals surface area (Å²) >= 11 is 0. The zero-order chi connectivity index (χ0) is 17.1. The average molecular weight is 327 g/mol. The maximum absolute atomic E-state index is 13.7. The summed E-state index contributed by atoms with van der Waals surface area (Å²) in [4.78, 5) is 12.3. The zero-order valence-electron chi connectivity index (χ0n) is 13.0. The Labute approximate surface area is 137 Å². The number of carbonyl (C=O) groups is 1. The topological polar surface area (TPSA) is 81.9 Å². The van der Waals surface area contributed by atoms with Crippen LogP contribution in [0.1, 0.15) is 16.2 Å². The van der Waals surface area contributed by atoms with Gasteiger partial charge in [0.25, 0.3) is 5.91 Å². The quantitative estimate of drug-likeness (QED) is 0.795. The van der Waals surface area contributed by atoms with Crippen LogP contribution in [0.15, 0.2) is 42.5 Å². The van der Waals surface area contributed by atoms with Crippen LogP contribution in [0.5, 0.6) is 5.75 Å². The van der Waals surface area contributed by atoms with Crippen molar-refractivity contribution in [2.45, 2.75) is 6.92 Å². The molecule has 0 aliphatic rings. The molecule has 0 saturated heterocycles. The van der Waals surface area contributed by atoms with Gasteiger partial charge in [0.15, 0.2) is 17.4 Å². The van der Waals surface area contributed by atoms with E-state index >= 15 is 0 Å².